The van der Waals surface area contributed by atoms with Crippen molar-refractivity contribution in [3.05, 3.63) is 53.7 Å². The van der Waals surface area contributed by atoms with Gasteiger partial charge in [-0.1, -0.05) is 0 Å². The van der Waals surface area contributed by atoms with E-state index in [1.165, 1.54) is 17.1 Å². The van der Waals surface area contributed by atoms with E-state index < -0.39 is 23.7 Å². The minimum absolute atomic E-state index is 0.0151. The Hall–Kier alpha value is -3.30. The van der Waals surface area contributed by atoms with E-state index in [9.17, 15) is 18.0 Å². The van der Waals surface area contributed by atoms with Gasteiger partial charge in [0.2, 0.25) is 5.91 Å². The van der Waals surface area contributed by atoms with Crippen LogP contribution in [0.1, 0.15) is 23.0 Å². The fourth-order valence-corrected chi connectivity index (χ4v) is 2.67. The highest BCUT2D eigenvalue weighted by Crippen LogP contribution is 2.35. The number of hydrogen-bond donors (Lipinski definition) is 1. The van der Waals surface area contributed by atoms with E-state index in [-0.39, 0.29) is 11.6 Å². The molecule has 0 aliphatic rings. The minimum atomic E-state index is -4.89. The van der Waals surface area contributed by atoms with Crippen LogP contribution in [-0.4, -0.2) is 36.8 Å². The molecule has 0 bridgehead atoms. The number of carbonyl (C=O) groups is 1. The fourth-order valence-electron chi connectivity index (χ4n) is 2.67. The Morgan fingerprint density at radius 3 is 2.48 bits per heavy atom. The summed E-state index contributed by atoms with van der Waals surface area (Å²) in [6, 6.07) is 6.02. The maximum absolute atomic E-state index is 13.4. The molecule has 1 atom stereocenters. The number of aromatic nitrogens is 5. The zero-order valence-corrected chi connectivity index (χ0v) is 14.4. The van der Waals surface area contributed by atoms with Crippen molar-refractivity contribution in [1.29, 1.82) is 0 Å². The van der Waals surface area contributed by atoms with Crippen LogP contribution in [0.2, 0.25) is 0 Å². The number of hydrogen-bond acceptors (Lipinski definition) is 5. The molecule has 140 valence electrons. The molecule has 2 N–H and O–H groups in total. The van der Waals surface area contributed by atoms with Crippen LogP contribution in [0.3, 0.4) is 0 Å². The van der Waals surface area contributed by atoms with Gasteiger partial charge in [-0.2, -0.15) is 18.3 Å². The highest BCUT2D eigenvalue weighted by molar-refractivity contribution is 5.82. The molecule has 27 heavy (non-hydrogen) atoms. The number of nitrogens with two attached hydrogens (primary N) is 1. The van der Waals surface area contributed by atoms with Crippen LogP contribution in [0.15, 0.2) is 36.7 Å². The largest absolute Gasteiger partial charge is 0.406 e. The lowest BCUT2D eigenvalue weighted by Gasteiger charge is -2.18. The van der Waals surface area contributed by atoms with Crippen LogP contribution in [-0.2, 0) is 4.79 Å². The number of carbonyl (C=O) groups excluding carboxylic acids is 1. The first-order valence-corrected chi connectivity index (χ1v) is 7.86. The average molecular weight is 376 g/mol. The molecule has 0 saturated heterocycles. The zero-order valence-electron chi connectivity index (χ0n) is 14.4. The third-order valence-corrected chi connectivity index (χ3v) is 3.79. The topological polar surface area (TPSA) is 99.6 Å². The molecule has 1 amide bonds. The number of rotatable bonds is 4. The Labute approximate surface area is 152 Å². The third kappa shape index (κ3) is 3.78. The van der Waals surface area contributed by atoms with Gasteiger partial charge in [0.25, 0.3) is 0 Å². The Morgan fingerprint density at radius 1 is 1.22 bits per heavy atom. The second-order valence-corrected chi connectivity index (χ2v) is 5.93. The Kier molecular flexibility index (Phi) is 4.64. The fraction of sp³-hybridized carbons (Fsp3) is 0.235. The van der Waals surface area contributed by atoms with Crippen LogP contribution in [0.5, 0.6) is 0 Å². The maximum atomic E-state index is 13.4. The molecule has 7 nitrogen and oxygen atoms in total. The van der Waals surface area contributed by atoms with E-state index in [1.807, 2.05) is 0 Å². The highest BCUT2D eigenvalue weighted by Gasteiger charge is 2.46. The van der Waals surface area contributed by atoms with Crippen molar-refractivity contribution in [2.75, 3.05) is 0 Å². The highest BCUT2D eigenvalue weighted by atomic mass is 19.4. The Balaban J connectivity index is 2.26. The number of aryl methyl sites for hydroxylation is 2. The molecule has 0 radical (unpaired) electrons. The summed E-state index contributed by atoms with van der Waals surface area (Å²) in [4.78, 5) is 23.7. The minimum Gasteiger partial charge on any atom is -0.369 e. The Bertz CT molecular complexity index is 984. The second kappa shape index (κ2) is 6.78. The second-order valence-electron chi connectivity index (χ2n) is 5.93. The van der Waals surface area contributed by atoms with Crippen LogP contribution in [0.4, 0.5) is 13.2 Å². The predicted molar refractivity (Wildman–Crippen MR) is 89.8 cm³/mol. The van der Waals surface area contributed by atoms with Crippen molar-refractivity contribution in [2.24, 2.45) is 5.73 Å². The van der Waals surface area contributed by atoms with Crippen molar-refractivity contribution in [3.8, 4) is 17.2 Å². The molecule has 10 heteroatoms. The van der Waals surface area contributed by atoms with E-state index in [0.717, 1.165) is 6.07 Å². The van der Waals surface area contributed by atoms with Gasteiger partial charge in [-0.25, -0.2) is 14.6 Å². The summed E-state index contributed by atoms with van der Waals surface area (Å²) in [5, 5.41) is 4.24. The number of halogens is 3. The monoisotopic (exact) mass is 376 g/mol. The number of primary amides is 1. The summed E-state index contributed by atoms with van der Waals surface area (Å²) in [7, 11) is 0. The van der Waals surface area contributed by atoms with Gasteiger partial charge < -0.3 is 5.73 Å². The molecule has 1 unspecified atom stereocenters. The van der Waals surface area contributed by atoms with Gasteiger partial charge in [-0.05, 0) is 32.0 Å². The van der Waals surface area contributed by atoms with Crippen molar-refractivity contribution >= 4 is 5.91 Å². The van der Waals surface area contributed by atoms with Gasteiger partial charge in [-0.15, -0.1) is 0 Å². The molecule has 0 spiro atoms. The van der Waals surface area contributed by atoms with Crippen LogP contribution in [0, 0.1) is 13.8 Å². The standard InChI is InChI=1S/C17H15F3N6O/c1-9-6-10(2)26(25-9)13-7-12(14(15(21)27)17(18,19)20)23-16(24-13)11-4-3-5-22-8-11/h3-8,14H,1-2H3,(H2,21,27). The average Bonchev–Trinajstić information content (AvgIpc) is 2.92. The molecular formula is C17H15F3N6O. The molecule has 0 aliphatic carbocycles. The summed E-state index contributed by atoms with van der Waals surface area (Å²) in [5.74, 6) is -4.03. The van der Waals surface area contributed by atoms with E-state index in [0.29, 0.717) is 17.0 Å². The summed E-state index contributed by atoms with van der Waals surface area (Å²) in [5.41, 5.74) is 6.19. The predicted octanol–water partition coefficient (Wildman–Crippen LogP) is 2.47. The summed E-state index contributed by atoms with van der Waals surface area (Å²) < 4.78 is 41.6. The van der Waals surface area contributed by atoms with Gasteiger partial charge >= 0.3 is 6.18 Å². The van der Waals surface area contributed by atoms with Crippen LogP contribution < -0.4 is 5.73 Å². The summed E-state index contributed by atoms with van der Waals surface area (Å²) >= 11 is 0. The van der Waals surface area contributed by atoms with Gasteiger partial charge in [0.1, 0.15) is 0 Å². The molecule has 3 rings (SSSR count). The van der Waals surface area contributed by atoms with Gasteiger partial charge in [0, 0.05) is 29.7 Å². The van der Waals surface area contributed by atoms with E-state index >= 15 is 0 Å². The van der Waals surface area contributed by atoms with Crippen molar-refractivity contribution in [3.63, 3.8) is 0 Å². The molecule has 0 saturated carbocycles. The van der Waals surface area contributed by atoms with Crippen molar-refractivity contribution < 1.29 is 18.0 Å². The molecule has 3 aromatic rings. The van der Waals surface area contributed by atoms with Gasteiger partial charge in [0.15, 0.2) is 17.6 Å². The number of nitrogens with zero attached hydrogens (tertiary/aromatic N) is 5. The molecule has 3 heterocycles. The molecule has 0 aromatic carbocycles. The smallest absolute Gasteiger partial charge is 0.369 e. The normalized spacial score (nSPS) is 12.8. The van der Waals surface area contributed by atoms with Crippen molar-refractivity contribution in [2.45, 2.75) is 25.9 Å². The molecule has 3 aromatic heterocycles. The first-order valence-electron chi connectivity index (χ1n) is 7.86. The van der Waals surface area contributed by atoms with E-state index in [4.69, 9.17) is 5.73 Å². The Morgan fingerprint density at radius 2 is 1.96 bits per heavy atom. The number of alkyl halides is 3. The van der Waals surface area contributed by atoms with Gasteiger partial charge in [0.05, 0.1) is 11.4 Å². The number of pyridine rings is 1. The van der Waals surface area contributed by atoms with Crippen LogP contribution >= 0.6 is 0 Å². The lowest BCUT2D eigenvalue weighted by Crippen LogP contribution is -2.34. The molecular weight excluding hydrogens is 361 g/mol. The maximum Gasteiger partial charge on any atom is 0.406 e. The summed E-state index contributed by atoms with van der Waals surface area (Å²) in [6.45, 7) is 3.48. The van der Waals surface area contributed by atoms with E-state index in [1.54, 1.807) is 32.0 Å². The van der Waals surface area contributed by atoms with Crippen molar-refractivity contribution in [1.82, 2.24) is 24.7 Å². The SMILES string of the molecule is Cc1cc(C)n(-c2cc(C(C(N)=O)C(F)(F)F)nc(-c3cccnc3)n2)n1. The van der Waals surface area contributed by atoms with Gasteiger partial charge in [-0.3, -0.25) is 9.78 Å². The number of amides is 1. The lowest BCUT2D eigenvalue weighted by molar-refractivity contribution is -0.163. The first kappa shape index (κ1) is 18.5. The molecule has 0 fully saturated rings. The third-order valence-electron chi connectivity index (χ3n) is 3.79. The zero-order chi connectivity index (χ0) is 19.8. The first-order chi connectivity index (χ1) is 12.7. The van der Waals surface area contributed by atoms with Crippen LogP contribution in [0.25, 0.3) is 17.2 Å². The lowest BCUT2D eigenvalue weighted by atomic mass is 10.0. The summed E-state index contributed by atoms with van der Waals surface area (Å²) in [6.07, 6.45) is -1.97. The molecule has 0 aliphatic heterocycles. The van der Waals surface area contributed by atoms with E-state index in [2.05, 4.69) is 20.1 Å². The quantitative estimate of drug-likeness (QED) is 0.754.